The van der Waals surface area contributed by atoms with Crippen molar-refractivity contribution in [1.82, 2.24) is 0 Å². The zero-order valence-corrected chi connectivity index (χ0v) is 8.55. The van der Waals surface area contributed by atoms with E-state index in [4.69, 9.17) is 4.74 Å². The van der Waals surface area contributed by atoms with Gasteiger partial charge in [-0.25, -0.2) is 0 Å². The van der Waals surface area contributed by atoms with E-state index in [0.29, 0.717) is 12.2 Å². The molecule has 0 aliphatic carbocycles. The molecule has 0 aromatic rings. The van der Waals surface area contributed by atoms with E-state index in [9.17, 15) is 0 Å². The normalized spacial score (nSPS) is 37.4. The third-order valence-corrected chi connectivity index (χ3v) is 2.28. The highest BCUT2D eigenvalue weighted by molar-refractivity contribution is 4.70. The van der Waals surface area contributed by atoms with Crippen molar-refractivity contribution in [3.63, 3.8) is 0 Å². The summed E-state index contributed by atoms with van der Waals surface area (Å²) in [6, 6.07) is 0. The fourth-order valence-electron chi connectivity index (χ4n) is 1.30. The summed E-state index contributed by atoms with van der Waals surface area (Å²) in [5.74, 6) is 0.765. The van der Waals surface area contributed by atoms with E-state index in [2.05, 4.69) is 20.8 Å². The summed E-state index contributed by atoms with van der Waals surface area (Å²) in [6.07, 6.45) is 3.55. The minimum absolute atomic E-state index is 0.480. The molecule has 0 radical (unpaired) electrons. The summed E-state index contributed by atoms with van der Waals surface area (Å²) in [5, 5.41) is 0. The van der Waals surface area contributed by atoms with Gasteiger partial charge in [0.15, 0.2) is 0 Å². The van der Waals surface area contributed by atoms with Gasteiger partial charge in [-0.15, -0.1) is 0 Å². The molecule has 11 heavy (non-hydrogen) atoms. The van der Waals surface area contributed by atoms with Crippen LogP contribution in [0, 0.1) is 5.92 Å². The molecule has 3 atom stereocenters. The summed E-state index contributed by atoms with van der Waals surface area (Å²) in [6.45, 7) is 10.6. The molecule has 68 valence electrons. The van der Waals surface area contributed by atoms with E-state index < -0.39 is 0 Å². The van der Waals surface area contributed by atoms with Crippen molar-refractivity contribution in [1.29, 1.82) is 0 Å². The lowest BCUT2D eigenvalue weighted by atomic mass is 9.95. The lowest BCUT2D eigenvalue weighted by molar-refractivity contribution is -0.0594. The highest BCUT2D eigenvalue weighted by atomic mass is 16.5. The van der Waals surface area contributed by atoms with E-state index in [1.54, 1.807) is 0 Å². The molecule has 1 heterocycles. The summed E-state index contributed by atoms with van der Waals surface area (Å²) in [4.78, 5) is 0. The fourth-order valence-corrected chi connectivity index (χ4v) is 1.30. The van der Waals surface area contributed by atoms with Crippen molar-refractivity contribution in [2.24, 2.45) is 5.92 Å². The fraction of sp³-hybridized carbons (Fsp3) is 1.00. The van der Waals surface area contributed by atoms with Gasteiger partial charge in [0.05, 0.1) is 12.2 Å². The van der Waals surface area contributed by atoms with E-state index in [0.717, 1.165) is 5.92 Å². The molecule has 1 unspecified atom stereocenters. The van der Waals surface area contributed by atoms with Gasteiger partial charge < -0.3 is 4.74 Å². The molecule has 0 spiro atoms. The smallest absolute Gasteiger partial charge is 0.0576 e. The Hall–Kier alpha value is -0.0400. The van der Waals surface area contributed by atoms with Crippen LogP contribution in [0.1, 0.15) is 47.5 Å². The maximum Gasteiger partial charge on any atom is 0.0576 e. The van der Waals surface area contributed by atoms with Gasteiger partial charge in [0.1, 0.15) is 0 Å². The number of hydrogen-bond donors (Lipinski definition) is 0. The van der Waals surface area contributed by atoms with E-state index >= 15 is 0 Å². The Bertz CT molecular complexity index is 90.9. The Balaban J connectivity index is 0.000000461. The summed E-state index contributed by atoms with van der Waals surface area (Å²) in [7, 11) is 0. The standard InChI is InChI=1S/C8H16O.C2H6/c1-6-4-5-7(2)9-8(6)3;1-2/h6-8H,4-5H2,1-3H3;1-2H3/t6-,7-,8?;/m0./s1. The van der Waals surface area contributed by atoms with Gasteiger partial charge >= 0.3 is 0 Å². The molecular formula is C10H22O. The third-order valence-electron chi connectivity index (χ3n) is 2.28. The topological polar surface area (TPSA) is 9.23 Å². The first kappa shape index (κ1) is 11.0. The maximum atomic E-state index is 5.60. The number of rotatable bonds is 0. The second kappa shape index (κ2) is 5.59. The highest BCUT2D eigenvalue weighted by Crippen LogP contribution is 2.23. The SMILES string of the molecule is CC.CC1O[C@@H](C)CC[C@@H]1C. The van der Waals surface area contributed by atoms with Crippen LogP contribution < -0.4 is 0 Å². The monoisotopic (exact) mass is 158 g/mol. The lowest BCUT2D eigenvalue weighted by Gasteiger charge is -2.30. The molecule has 0 aromatic carbocycles. The molecular weight excluding hydrogens is 136 g/mol. The quantitative estimate of drug-likeness (QED) is 0.526. The summed E-state index contributed by atoms with van der Waals surface area (Å²) < 4.78 is 5.60. The minimum atomic E-state index is 0.480. The Morgan fingerprint density at radius 3 is 1.91 bits per heavy atom. The van der Waals surface area contributed by atoms with Crippen molar-refractivity contribution in [2.45, 2.75) is 59.7 Å². The summed E-state index contributed by atoms with van der Waals surface area (Å²) in [5.41, 5.74) is 0. The van der Waals surface area contributed by atoms with Crippen LogP contribution in [0.3, 0.4) is 0 Å². The Morgan fingerprint density at radius 2 is 1.55 bits per heavy atom. The predicted octanol–water partition coefficient (Wildman–Crippen LogP) is 3.24. The summed E-state index contributed by atoms with van der Waals surface area (Å²) >= 11 is 0. The van der Waals surface area contributed by atoms with Gasteiger partial charge in [-0.3, -0.25) is 0 Å². The molecule has 0 N–H and O–H groups in total. The van der Waals surface area contributed by atoms with Crippen LogP contribution in [0.5, 0.6) is 0 Å². The zero-order chi connectivity index (χ0) is 8.85. The van der Waals surface area contributed by atoms with Crippen molar-refractivity contribution in [3.8, 4) is 0 Å². The van der Waals surface area contributed by atoms with E-state index in [-0.39, 0.29) is 0 Å². The number of ether oxygens (including phenoxy) is 1. The molecule has 1 heteroatoms. The lowest BCUT2D eigenvalue weighted by Crippen LogP contribution is -2.29. The second-order valence-electron chi connectivity index (χ2n) is 3.21. The van der Waals surface area contributed by atoms with E-state index in [1.807, 2.05) is 13.8 Å². The zero-order valence-electron chi connectivity index (χ0n) is 8.55. The van der Waals surface area contributed by atoms with Gasteiger partial charge in [-0.1, -0.05) is 20.8 Å². The molecule has 1 aliphatic heterocycles. The Labute approximate surface area is 71.1 Å². The largest absolute Gasteiger partial charge is 0.375 e. The molecule has 1 saturated heterocycles. The molecule has 0 bridgehead atoms. The first-order valence-electron chi connectivity index (χ1n) is 4.85. The van der Waals surface area contributed by atoms with Gasteiger partial charge in [-0.2, -0.15) is 0 Å². The van der Waals surface area contributed by atoms with Crippen LogP contribution >= 0.6 is 0 Å². The van der Waals surface area contributed by atoms with Crippen molar-refractivity contribution in [2.75, 3.05) is 0 Å². The Kier molecular flexibility index (Phi) is 5.57. The van der Waals surface area contributed by atoms with Crippen LogP contribution in [0.15, 0.2) is 0 Å². The molecule has 1 nitrogen and oxygen atoms in total. The van der Waals surface area contributed by atoms with Gasteiger partial charge in [-0.05, 0) is 32.6 Å². The molecule has 1 aliphatic rings. The molecule has 0 amide bonds. The van der Waals surface area contributed by atoms with Crippen molar-refractivity contribution >= 4 is 0 Å². The van der Waals surface area contributed by atoms with Gasteiger partial charge in [0, 0.05) is 0 Å². The van der Waals surface area contributed by atoms with Crippen LogP contribution in [0.2, 0.25) is 0 Å². The molecule has 1 rings (SSSR count). The third kappa shape index (κ3) is 3.76. The minimum Gasteiger partial charge on any atom is -0.375 e. The predicted molar refractivity (Wildman–Crippen MR) is 49.8 cm³/mol. The average Bonchev–Trinajstić information content (AvgIpc) is 2.02. The maximum absolute atomic E-state index is 5.60. The average molecular weight is 158 g/mol. The molecule has 0 aromatic heterocycles. The first-order valence-corrected chi connectivity index (χ1v) is 4.85. The number of hydrogen-bond acceptors (Lipinski definition) is 1. The second-order valence-corrected chi connectivity index (χ2v) is 3.21. The molecule has 1 fully saturated rings. The van der Waals surface area contributed by atoms with Crippen LogP contribution in [0.4, 0.5) is 0 Å². The van der Waals surface area contributed by atoms with Crippen LogP contribution in [0.25, 0.3) is 0 Å². The van der Waals surface area contributed by atoms with Crippen molar-refractivity contribution in [3.05, 3.63) is 0 Å². The van der Waals surface area contributed by atoms with Crippen LogP contribution in [-0.4, -0.2) is 12.2 Å². The Morgan fingerprint density at radius 1 is 1.00 bits per heavy atom. The van der Waals surface area contributed by atoms with E-state index in [1.165, 1.54) is 12.8 Å². The first-order chi connectivity index (χ1) is 5.20. The van der Waals surface area contributed by atoms with Gasteiger partial charge in [0.25, 0.3) is 0 Å². The van der Waals surface area contributed by atoms with Gasteiger partial charge in [0.2, 0.25) is 0 Å². The molecule has 0 saturated carbocycles. The van der Waals surface area contributed by atoms with Crippen molar-refractivity contribution < 1.29 is 4.74 Å². The highest BCUT2D eigenvalue weighted by Gasteiger charge is 2.21. The van der Waals surface area contributed by atoms with Crippen LogP contribution in [-0.2, 0) is 4.74 Å².